The van der Waals surface area contributed by atoms with Crippen molar-refractivity contribution in [3.63, 3.8) is 0 Å². The minimum absolute atomic E-state index is 0.197. The number of nitrogens with zero attached hydrogens (tertiary/aromatic N) is 1. The summed E-state index contributed by atoms with van der Waals surface area (Å²) in [6.45, 7) is 0.688. The third-order valence-corrected chi connectivity index (χ3v) is 1.96. The van der Waals surface area contributed by atoms with Crippen molar-refractivity contribution in [2.45, 2.75) is 18.9 Å². The summed E-state index contributed by atoms with van der Waals surface area (Å²) < 4.78 is 0.197. The largest absolute Gasteiger partial charge is 0.480 e. The Morgan fingerprint density at radius 2 is 2.42 bits per heavy atom. The van der Waals surface area contributed by atoms with Crippen molar-refractivity contribution in [1.82, 2.24) is 10.4 Å². The average molecular weight is 205 g/mol. The molecule has 1 heterocycles. The maximum atomic E-state index is 10.6. The van der Waals surface area contributed by atoms with Gasteiger partial charge in [-0.25, -0.2) is 5.01 Å². The van der Waals surface area contributed by atoms with Crippen molar-refractivity contribution in [2.24, 2.45) is 0 Å². The number of carboxylic acid groups (broad SMARTS) is 1. The molecule has 1 aliphatic heterocycles. The van der Waals surface area contributed by atoms with Crippen LogP contribution in [0.3, 0.4) is 0 Å². The van der Waals surface area contributed by atoms with E-state index in [0.29, 0.717) is 13.0 Å². The molecule has 0 aromatic rings. The first-order valence-electron chi connectivity index (χ1n) is 3.58. The summed E-state index contributed by atoms with van der Waals surface area (Å²) in [5.41, 5.74) is 2.67. The van der Waals surface area contributed by atoms with Crippen LogP contribution in [0.25, 0.3) is 0 Å². The van der Waals surface area contributed by atoms with Crippen LogP contribution in [-0.2, 0) is 17.4 Å². The Labute approximate surface area is 81.3 Å². The molecule has 1 saturated heterocycles. The average Bonchev–Trinajstić information content (AvgIpc) is 2.33. The van der Waals surface area contributed by atoms with E-state index >= 15 is 0 Å². The van der Waals surface area contributed by atoms with Crippen LogP contribution in [0.15, 0.2) is 0 Å². The lowest BCUT2D eigenvalue weighted by molar-refractivity contribution is -0.142. The van der Waals surface area contributed by atoms with Gasteiger partial charge in [0.15, 0.2) is 0 Å². The summed E-state index contributed by atoms with van der Waals surface area (Å²) in [7, 11) is 0. The Morgan fingerprint density at radius 3 is 2.92 bits per heavy atom. The molecule has 0 unspecified atom stereocenters. The molecule has 6 heteroatoms. The molecule has 1 aliphatic rings. The normalized spacial score (nSPS) is 23.8. The highest BCUT2D eigenvalue weighted by Gasteiger charge is 2.29. The Kier molecular flexibility index (Phi) is 3.19. The predicted molar refractivity (Wildman–Crippen MR) is 50.5 cm³/mol. The van der Waals surface area contributed by atoms with Gasteiger partial charge in [0.25, 0.3) is 0 Å². The summed E-state index contributed by atoms with van der Waals surface area (Å²) >= 11 is 9.28. The molecular formula is C6H9N2O2S2-. The Balaban J connectivity index is 2.52. The highest BCUT2D eigenvalue weighted by molar-refractivity contribution is 8.00. The minimum Gasteiger partial charge on any atom is -0.480 e. The maximum Gasteiger partial charge on any atom is 0.322 e. The third-order valence-electron chi connectivity index (χ3n) is 1.77. The first kappa shape index (κ1) is 9.63. The van der Waals surface area contributed by atoms with Gasteiger partial charge in [0.1, 0.15) is 6.04 Å². The number of rotatable bonds is 2. The molecule has 0 amide bonds. The molecular weight excluding hydrogens is 196 g/mol. The number of carbonyl (C=O) groups is 1. The zero-order valence-corrected chi connectivity index (χ0v) is 7.95. The Bertz CT molecular complexity index is 210. The van der Waals surface area contributed by atoms with Gasteiger partial charge in [0.05, 0.1) is 0 Å². The zero-order valence-electron chi connectivity index (χ0n) is 6.32. The summed E-state index contributed by atoms with van der Waals surface area (Å²) in [6, 6.07) is -0.481. The second-order valence-corrected chi connectivity index (χ2v) is 3.66. The molecule has 68 valence electrons. The van der Waals surface area contributed by atoms with E-state index < -0.39 is 12.0 Å². The quantitative estimate of drug-likeness (QED) is 0.484. The number of thiocarbonyl (C=S) groups is 1. The molecule has 0 radical (unpaired) electrons. The van der Waals surface area contributed by atoms with Crippen LogP contribution in [0, 0.1) is 0 Å². The molecule has 0 aromatic heterocycles. The van der Waals surface area contributed by atoms with Crippen molar-refractivity contribution in [3.8, 4) is 0 Å². The van der Waals surface area contributed by atoms with E-state index in [0.717, 1.165) is 6.42 Å². The standard InChI is InChI=1S/C6H10N2O2S2/c9-5(10)4-2-1-3-8(4)7-6(11)12/h4H,1-3H2,(H,9,10)(H2,7,11,12)/p-1/t4-/m0/s1. The van der Waals surface area contributed by atoms with Crippen LogP contribution in [0.2, 0.25) is 0 Å². The second-order valence-electron chi connectivity index (χ2n) is 2.59. The summed E-state index contributed by atoms with van der Waals surface area (Å²) in [4.78, 5) is 10.6. The van der Waals surface area contributed by atoms with Crippen LogP contribution in [0.5, 0.6) is 0 Å². The van der Waals surface area contributed by atoms with Gasteiger partial charge in [-0.3, -0.25) is 4.79 Å². The summed E-state index contributed by atoms with van der Waals surface area (Å²) in [6.07, 6.45) is 1.52. The molecule has 2 N–H and O–H groups in total. The fourth-order valence-electron chi connectivity index (χ4n) is 1.27. The van der Waals surface area contributed by atoms with E-state index in [4.69, 9.17) is 5.11 Å². The highest BCUT2D eigenvalue weighted by Crippen LogP contribution is 2.14. The minimum atomic E-state index is -0.828. The first-order chi connectivity index (χ1) is 5.61. The van der Waals surface area contributed by atoms with Crippen molar-refractivity contribution >= 4 is 35.1 Å². The van der Waals surface area contributed by atoms with Gasteiger partial charge < -0.3 is 35.4 Å². The van der Waals surface area contributed by atoms with Gasteiger partial charge in [-0.1, -0.05) is 0 Å². The van der Waals surface area contributed by atoms with Crippen LogP contribution in [-0.4, -0.2) is 33.0 Å². The number of carboxylic acids is 1. The summed E-state index contributed by atoms with van der Waals surface area (Å²) in [5.74, 6) is -0.828. The van der Waals surface area contributed by atoms with E-state index in [1.807, 2.05) is 0 Å². The van der Waals surface area contributed by atoms with Crippen LogP contribution < -0.4 is 5.43 Å². The maximum absolute atomic E-state index is 10.6. The third kappa shape index (κ3) is 2.26. The lowest BCUT2D eigenvalue weighted by Crippen LogP contribution is -2.47. The number of hydrazine groups is 1. The number of nitrogens with one attached hydrogen (secondary N) is 1. The smallest absolute Gasteiger partial charge is 0.322 e. The van der Waals surface area contributed by atoms with Gasteiger partial charge in [0.2, 0.25) is 0 Å². The lowest BCUT2D eigenvalue weighted by Gasteiger charge is -2.25. The second kappa shape index (κ2) is 3.97. The van der Waals surface area contributed by atoms with Crippen LogP contribution in [0.1, 0.15) is 12.8 Å². The van der Waals surface area contributed by atoms with Gasteiger partial charge in [-0.15, -0.1) is 0 Å². The van der Waals surface area contributed by atoms with E-state index in [9.17, 15) is 4.79 Å². The number of hydrogen-bond acceptors (Lipinski definition) is 4. The van der Waals surface area contributed by atoms with Crippen molar-refractivity contribution in [1.29, 1.82) is 0 Å². The molecule has 0 bridgehead atoms. The Morgan fingerprint density at radius 1 is 1.75 bits per heavy atom. The topological polar surface area (TPSA) is 52.6 Å². The monoisotopic (exact) mass is 205 g/mol. The molecule has 0 aliphatic carbocycles. The van der Waals surface area contributed by atoms with Crippen LogP contribution in [0.4, 0.5) is 0 Å². The molecule has 0 spiro atoms. The van der Waals surface area contributed by atoms with E-state index in [1.54, 1.807) is 5.01 Å². The number of hydrogen-bond donors (Lipinski definition) is 2. The fourth-order valence-corrected chi connectivity index (χ4v) is 1.51. The van der Waals surface area contributed by atoms with Gasteiger partial charge >= 0.3 is 5.97 Å². The van der Waals surface area contributed by atoms with Crippen molar-refractivity contribution in [3.05, 3.63) is 0 Å². The van der Waals surface area contributed by atoms with Gasteiger partial charge in [0, 0.05) is 6.54 Å². The predicted octanol–water partition coefficient (Wildman–Crippen LogP) is -0.128. The molecule has 1 fully saturated rings. The van der Waals surface area contributed by atoms with Crippen molar-refractivity contribution in [2.75, 3.05) is 6.54 Å². The van der Waals surface area contributed by atoms with Gasteiger partial charge in [-0.05, 0) is 17.2 Å². The molecule has 12 heavy (non-hydrogen) atoms. The number of aliphatic carboxylic acids is 1. The summed E-state index contributed by atoms with van der Waals surface area (Å²) in [5, 5.41) is 10.3. The highest BCUT2D eigenvalue weighted by atomic mass is 32.1. The van der Waals surface area contributed by atoms with E-state index in [1.165, 1.54) is 0 Å². The molecule has 0 saturated carbocycles. The van der Waals surface area contributed by atoms with Crippen LogP contribution >= 0.6 is 12.2 Å². The molecule has 4 nitrogen and oxygen atoms in total. The van der Waals surface area contributed by atoms with E-state index in [2.05, 4.69) is 30.3 Å². The molecule has 0 aromatic carbocycles. The molecule has 1 rings (SSSR count). The Hall–Kier alpha value is -0.460. The van der Waals surface area contributed by atoms with Crippen molar-refractivity contribution < 1.29 is 9.90 Å². The zero-order chi connectivity index (χ0) is 9.14. The van der Waals surface area contributed by atoms with Gasteiger partial charge in [-0.2, -0.15) is 0 Å². The SMILES string of the molecule is O=C(O)[C@@H]1CCCN1NC(=S)[S-]. The van der Waals surface area contributed by atoms with E-state index in [-0.39, 0.29) is 4.32 Å². The lowest BCUT2D eigenvalue weighted by atomic mass is 10.2. The first-order valence-corrected chi connectivity index (χ1v) is 4.40. The fraction of sp³-hybridized carbons (Fsp3) is 0.667. The molecule has 1 atom stereocenters.